The molecule has 2 aromatic heterocycles. The zero-order valence-electron chi connectivity index (χ0n) is 9.17. The molecule has 17 heavy (non-hydrogen) atoms. The number of aromatic nitrogens is 1. The summed E-state index contributed by atoms with van der Waals surface area (Å²) in [4.78, 5) is 11.0. The molecule has 2 nitrogen and oxygen atoms in total. The molecule has 0 fully saturated rings. The van der Waals surface area contributed by atoms with Gasteiger partial charge in [0.15, 0.2) is 6.29 Å². The molecule has 3 aromatic rings. The van der Waals surface area contributed by atoms with Crippen LogP contribution < -0.4 is 0 Å². The van der Waals surface area contributed by atoms with Crippen molar-refractivity contribution < 1.29 is 4.79 Å². The maximum atomic E-state index is 11.0. The number of rotatable bonds is 3. The van der Waals surface area contributed by atoms with Gasteiger partial charge in [0, 0.05) is 29.2 Å². The van der Waals surface area contributed by atoms with Gasteiger partial charge in [-0.25, -0.2) is 0 Å². The number of hydrogen-bond acceptors (Lipinski definition) is 2. The molecule has 0 amide bonds. The maximum Gasteiger partial charge on any atom is 0.152 e. The second-order valence-corrected chi connectivity index (χ2v) is 4.76. The molecule has 3 rings (SSSR count). The summed E-state index contributed by atoms with van der Waals surface area (Å²) in [5.41, 5.74) is 3.14. The minimum Gasteiger partial charge on any atom is -0.342 e. The van der Waals surface area contributed by atoms with Gasteiger partial charge >= 0.3 is 0 Å². The van der Waals surface area contributed by atoms with Crippen LogP contribution in [0.4, 0.5) is 0 Å². The van der Waals surface area contributed by atoms with Gasteiger partial charge in [-0.3, -0.25) is 4.79 Å². The van der Waals surface area contributed by atoms with Crippen LogP contribution in [-0.2, 0) is 6.54 Å². The molecule has 0 aliphatic heterocycles. The van der Waals surface area contributed by atoms with E-state index in [-0.39, 0.29) is 0 Å². The third kappa shape index (κ3) is 1.78. The number of aldehydes is 1. The number of carbonyl (C=O) groups excluding carboxylic acids is 1. The normalized spacial score (nSPS) is 10.8. The average Bonchev–Trinajstić information content (AvgIpc) is 2.98. The van der Waals surface area contributed by atoms with Crippen molar-refractivity contribution in [1.29, 1.82) is 0 Å². The molecule has 0 atom stereocenters. The SMILES string of the molecule is O=Cc1cn(Cc2ccsc2)c2ccccc12. The minimum atomic E-state index is 0.760. The van der Waals surface area contributed by atoms with Gasteiger partial charge in [-0.15, -0.1) is 0 Å². The zero-order valence-corrected chi connectivity index (χ0v) is 9.98. The molecule has 0 saturated heterocycles. The zero-order chi connectivity index (χ0) is 11.7. The monoisotopic (exact) mass is 241 g/mol. The van der Waals surface area contributed by atoms with Gasteiger partial charge in [-0.2, -0.15) is 11.3 Å². The molecular formula is C14H11NOS. The number of thiophene rings is 1. The Morgan fingerprint density at radius 3 is 2.88 bits per heavy atom. The number of hydrogen-bond donors (Lipinski definition) is 0. The number of nitrogens with zero attached hydrogens (tertiary/aromatic N) is 1. The van der Waals surface area contributed by atoms with Crippen LogP contribution >= 0.6 is 11.3 Å². The Hall–Kier alpha value is -1.87. The highest BCUT2D eigenvalue weighted by molar-refractivity contribution is 7.07. The first kappa shape index (κ1) is 10.3. The Balaban J connectivity index is 2.13. The van der Waals surface area contributed by atoms with E-state index in [9.17, 15) is 4.79 Å². The van der Waals surface area contributed by atoms with Crippen LogP contribution in [-0.4, -0.2) is 10.9 Å². The van der Waals surface area contributed by atoms with Crippen molar-refractivity contribution in [3.8, 4) is 0 Å². The van der Waals surface area contributed by atoms with E-state index in [0.717, 1.165) is 29.3 Å². The lowest BCUT2D eigenvalue weighted by atomic mass is 10.2. The molecule has 0 bridgehead atoms. The predicted molar refractivity (Wildman–Crippen MR) is 70.7 cm³/mol. The lowest BCUT2D eigenvalue weighted by Gasteiger charge is -2.02. The Labute approximate surface area is 103 Å². The molecule has 0 saturated carbocycles. The van der Waals surface area contributed by atoms with E-state index >= 15 is 0 Å². The van der Waals surface area contributed by atoms with Gasteiger partial charge in [-0.05, 0) is 28.5 Å². The van der Waals surface area contributed by atoms with Crippen molar-refractivity contribution in [2.75, 3.05) is 0 Å². The van der Waals surface area contributed by atoms with Crippen molar-refractivity contribution in [1.82, 2.24) is 4.57 Å². The lowest BCUT2D eigenvalue weighted by Crippen LogP contribution is -1.95. The van der Waals surface area contributed by atoms with Crippen molar-refractivity contribution in [2.24, 2.45) is 0 Å². The van der Waals surface area contributed by atoms with Crippen LogP contribution in [0.5, 0.6) is 0 Å². The second-order valence-electron chi connectivity index (χ2n) is 3.98. The van der Waals surface area contributed by atoms with Crippen molar-refractivity contribution >= 4 is 28.5 Å². The summed E-state index contributed by atoms with van der Waals surface area (Å²) in [5, 5.41) is 5.23. The van der Waals surface area contributed by atoms with E-state index in [1.54, 1.807) is 11.3 Å². The van der Waals surface area contributed by atoms with Crippen LogP contribution in [0, 0.1) is 0 Å². The van der Waals surface area contributed by atoms with Gasteiger partial charge in [0.05, 0.1) is 0 Å². The minimum absolute atomic E-state index is 0.760. The Morgan fingerprint density at radius 1 is 1.24 bits per heavy atom. The smallest absolute Gasteiger partial charge is 0.152 e. The van der Waals surface area contributed by atoms with Gasteiger partial charge in [0.2, 0.25) is 0 Å². The van der Waals surface area contributed by atoms with Crippen molar-refractivity contribution in [3.63, 3.8) is 0 Å². The van der Waals surface area contributed by atoms with Crippen LogP contribution in [0.1, 0.15) is 15.9 Å². The summed E-state index contributed by atoms with van der Waals surface area (Å²) in [5.74, 6) is 0. The van der Waals surface area contributed by atoms with E-state index in [2.05, 4.69) is 27.5 Å². The molecule has 0 aliphatic rings. The molecule has 0 spiro atoms. The Morgan fingerprint density at radius 2 is 2.12 bits per heavy atom. The third-order valence-electron chi connectivity index (χ3n) is 2.88. The summed E-state index contributed by atoms with van der Waals surface area (Å²) in [6.45, 7) is 0.817. The van der Waals surface area contributed by atoms with Gasteiger partial charge in [-0.1, -0.05) is 18.2 Å². The molecule has 1 aromatic carbocycles. The topological polar surface area (TPSA) is 22.0 Å². The highest BCUT2D eigenvalue weighted by Gasteiger charge is 2.07. The standard InChI is InChI=1S/C14H11NOS/c16-9-12-8-15(7-11-5-6-17-10-11)14-4-2-1-3-13(12)14/h1-6,8-10H,7H2. The van der Waals surface area contributed by atoms with Crippen LogP contribution in [0.25, 0.3) is 10.9 Å². The molecule has 0 aliphatic carbocycles. The van der Waals surface area contributed by atoms with Crippen LogP contribution in [0.3, 0.4) is 0 Å². The fraction of sp³-hybridized carbons (Fsp3) is 0.0714. The molecular weight excluding hydrogens is 230 g/mol. The number of benzene rings is 1. The highest BCUT2D eigenvalue weighted by atomic mass is 32.1. The summed E-state index contributed by atoms with van der Waals surface area (Å²) in [6.07, 6.45) is 2.85. The molecule has 0 N–H and O–H groups in total. The van der Waals surface area contributed by atoms with Gasteiger partial charge in [0.25, 0.3) is 0 Å². The van der Waals surface area contributed by atoms with Crippen LogP contribution in [0.15, 0.2) is 47.3 Å². The summed E-state index contributed by atoms with van der Waals surface area (Å²) in [7, 11) is 0. The third-order valence-corrected chi connectivity index (χ3v) is 3.61. The first-order valence-corrected chi connectivity index (χ1v) is 6.37. The summed E-state index contributed by atoms with van der Waals surface area (Å²) >= 11 is 1.69. The average molecular weight is 241 g/mol. The largest absolute Gasteiger partial charge is 0.342 e. The van der Waals surface area contributed by atoms with E-state index in [4.69, 9.17) is 0 Å². The van der Waals surface area contributed by atoms with Crippen molar-refractivity contribution in [3.05, 3.63) is 58.4 Å². The lowest BCUT2D eigenvalue weighted by molar-refractivity contribution is 0.112. The fourth-order valence-corrected chi connectivity index (χ4v) is 2.74. The van der Waals surface area contributed by atoms with E-state index < -0.39 is 0 Å². The summed E-state index contributed by atoms with van der Waals surface area (Å²) < 4.78 is 2.13. The molecule has 0 unspecified atom stereocenters. The number of fused-ring (bicyclic) bond motifs is 1. The Bertz CT molecular complexity index is 652. The van der Waals surface area contributed by atoms with E-state index in [1.807, 2.05) is 24.4 Å². The van der Waals surface area contributed by atoms with E-state index in [1.165, 1.54) is 5.56 Å². The molecule has 0 radical (unpaired) electrons. The van der Waals surface area contributed by atoms with Crippen LogP contribution in [0.2, 0.25) is 0 Å². The predicted octanol–water partition coefficient (Wildman–Crippen LogP) is 3.56. The van der Waals surface area contributed by atoms with Gasteiger partial charge < -0.3 is 4.57 Å². The number of para-hydroxylation sites is 1. The van der Waals surface area contributed by atoms with Crippen molar-refractivity contribution in [2.45, 2.75) is 6.54 Å². The van der Waals surface area contributed by atoms with Gasteiger partial charge in [0.1, 0.15) is 0 Å². The van der Waals surface area contributed by atoms with E-state index in [0.29, 0.717) is 0 Å². The molecule has 3 heteroatoms. The molecule has 84 valence electrons. The second kappa shape index (κ2) is 4.18. The first-order chi connectivity index (χ1) is 8.38. The summed E-state index contributed by atoms with van der Waals surface area (Å²) in [6, 6.07) is 10.1. The fourth-order valence-electron chi connectivity index (χ4n) is 2.08. The Kier molecular flexibility index (Phi) is 2.53. The number of carbonyl (C=O) groups is 1. The first-order valence-electron chi connectivity index (χ1n) is 5.42. The maximum absolute atomic E-state index is 11.0. The highest BCUT2D eigenvalue weighted by Crippen LogP contribution is 2.21. The quantitative estimate of drug-likeness (QED) is 0.643. The molecule has 2 heterocycles.